The van der Waals surface area contributed by atoms with Crippen LogP contribution in [-0.4, -0.2) is 35.8 Å². The molecule has 0 saturated carbocycles. The van der Waals surface area contributed by atoms with Crippen LogP contribution < -0.4 is 10.2 Å². The van der Waals surface area contributed by atoms with Crippen molar-refractivity contribution in [2.45, 2.75) is 65.3 Å². The first-order valence-corrected chi connectivity index (χ1v) is 7.97. The Labute approximate surface area is 128 Å². The molecule has 0 aliphatic carbocycles. The average molecular weight is 291 g/mol. The highest BCUT2D eigenvalue weighted by Crippen LogP contribution is 2.21. The Morgan fingerprint density at radius 3 is 2.71 bits per heavy atom. The first-order valence-electron chi connectivity index (χ1n) is 7.97. The summed E-state index contributed by atoms with van der Waals surface area (Å²) < 4.78 is 5.75. The number of ether oxygens (including phenoxy) is 1. The van der Waals surface area contributed by atoms with E-state index in [9.17, 15) is 0 Å². The number of rotatable bonds is 4. The van der Waals surface area contributed by atoms with Gasteiger partial charge in [-0.2, -0.15) is 0 Å². The van der Waals surface area contributed by atoms with E-state index >= 15 is 0 Å². The Kier molecular flexibility index (Phi) is 5.22. The van der Waals surface area contributed by atoms with Crippen molar-refractivity contribution in [3.05, 3.63) is 23.9 Å². The maximum absolute atomic E-state index is 5.75. The van der Waals surface area contributed by atoms with Crippen molar-refractivity contribution in [2.24, 2.45) is 0 Å². The normalized spacial score (nSPS) is 23.4. The molecule has 1 aromatic rings. The van der Waals surface area contributed by atoms with Crippen molar-refractivity contribution >= 4 is 5.82 Å². The third kappa shape index (κ3) is 4.68. The van der Waals surface area contributed by atoms with Crippen LogP contribution in [-0.2, 0) is 11.3 Å². The van der Waals surface area contributed by atoms with Gasteiger partial charge in [0, 0.05) is 24.8 Å². The molecule has 2 unspecified atom stereocenters. The van der Waals surface area contributed by atoms with E-state index in [0.717, 1.165) is 31.9 Å². The maximum Gasteiger partial charge on any atom is 0.128 e. The summed E-state index contributed by atoms with van der Waals surface area (Å²) in [5.41, 5.74) is 1.36. The van der Waals surface area contributed by atoms with Gasteiger partial charge in [-0.1, -0.05) is 13.0 Å². The molecule has 1 aliphatic rings. The van der Waals surface area contributed by atoms with Gasteiger partial charge in [0.15, 0.2) is 0 Å². The number of morpholine rings is 1. The summed E-state index contributed by atoms with van der Waals surface area (Å²) >= 11 is 0. The molecule has 21 heavy (non-hydrogen) atoms. The lowest BCUT2D eigenvalue weighted by Crippen LogP contribution is -2.49. The van der Waals surface area contributed by atoms with E-state index in [1.54, 1.807) is 0 Å². The van der Waals surface area contributed by atoms with Crippen LogP contribution in [0.2, 0.25) is 0 Å². The number of aromatic nitrogens is 1. The van der Waals surface area contributed by atoms with Crippen molar-refractivity contribution in [1.29, 1.82) is 0 Å². The zero-order valence-corrected chi connectivity index (χ0v) is 14.0. The molecule has 4 heteroatoms. The highest BCUT2D eigenvalue weighted by molar-refractivity contribution is 5.41. The largest absolute Gasteiger partial charge is 0.375 e. The van der Waals surface area contributed by atoms with Crippen molar-refractivity contribution in [3.8, 4) is 0 Å². The van der Waals surface area contributed by atoms with E-state index in [1.807, 2.05) is 6.20 Å². The zero-order chi connectivity index (χ0) is 15.5. The molecule has 118 valence electrons. The molecule has 1 saturated heterocycles. The van der Waals surface area contributed by atoms with E-state index in [0.29, 0.717) is 6.04 Å². The molecule has 1 fully saturated rings. The number of nitrogens with one attached hydrogen (secondary N) is 1. The Bertz CT molecular complexity index is 438. The highest BCUT2D eigenvalue weighted by atomic mass is 16.5. The van der Waals surface area contributed by atoms with E-state index in [2.05, 4.69) is 62.0 Å². The molecule has 1 N–H and O–H groups in total. The molecule has 2 heterocycles. The van der Waals surface area contributed by atoms with Gasteiger partial charge in [0.05, 0.1) is 18.8 Å². The van der Waals surface area contributed by atoms with Crippen LogP contribution >= 0.6 is 0 Å². The molecular weight excluding hydrogens is 262 g/mol. The van der Waals surface area contributed by atoms with Gasteiger partial charge in [0.2, 0.25) is 0 Å². The lowest BCUT2D eigenvalue weighted by Gasteiger charge is -2.39. The first kappa shape index (κ1) is 16.2. The molecule has 1 aliphatic heterocycles. The Morgan fingerprint density at radius 2 is 2.14 bits per heavy atom. The van der Waals surface area contributed by atoms with E-state index in [1.165, 1.54) is 5.56 Å². The van der Waals surface area contributed by atoms with Crippen molar-refractivity contribution in [1.82, 2.24) is 10.3 Å². The molecular formula is C17H29N3O. The lowest BCUT2D eigenvalue weighted by molar-refractivity contribution is 0.0296. The summed E-state index contributed by atoms with van der Waals surface area (Å²) in [6.07, 6.45) is 3.35. The number of hydrogen-bond acceptors (Lipinski definition) is 4. The number of pyridine rings is 1. The zero-order valence-electron chi connectivity index (χ0n) is 14.0. The Morgan fingerprint density at radius 1 is 1.38 bits per heavy atom. The third-order valence-electron chi connectivity index (χ3n) is 3.87. The average Bonchev–Trinajstić information content (AvgIpc) is 2.45. The van der Waals surface area contributed by atoms with Crippen LogP contribution in [0.3, 0.4) is 0 Å². The van der Waals surface area contributed by atoms with E-state index < -0.39 is 0 Å². The molecule has 0 radical (unpaired) electrons. The van der Waals surface area contributed by atoms with E-state index in [-0.39, 0.29) is 11.6 Å². The second kappa shape index (κ2) is 6.75. The van der Waals surface area contributed by atoms with Crippen molar-refractivity contribution in [3.63, 3.8) is 0 Å². The SMILES string of the molecule is CCC1COC(C)CN1c1ccc(CNC(C)(C)C)cn1. The van der Waals surface area contributed by atoms with Crippen molar-refractivity contribution in [2.75, 3.05) is 18.1 Å². The Balaban J connectivity index is 2.03. The minimum Gasteiger partial charge on any atom is -0.375 e. The first-order chi connectivity index (χ1) is 9.89. The van der Waals surface area contributed by atoms with Gasteiger partial charge in [0.25, 0.3) is 0 Å². The predicted molar refractivity (Wildman–Crippen MR) is 87.7 cm³/mol. The monoisotopic (exact) mass is 291 g/mol. The van der Waals surface area contributed by atoms with Gasteiger partial charge < -0.3 is 15.0 Å². The summed E-state index contributed by atoms with van der Waals surface area (Å²) in [6.45, 7) is 13.4. The van der Waals surface area contributed by atoms with Gasteiger partial charge in [0.1, 0.15) is 5.82 Å². The molecule has 2 rings (SSSR count). The standard InChI is InChI=1S/C17H29N3O/c1-6-15-12-21-13(2)11-20(15)16-8-7-14(9-18-16)10-19-17(3,4)5/h7-9,13,15,19H,6,10-12H2,1-5H3. The quantitative estimate of drug-likeness (QED) is 0.925. The van der Waals surface area contributed by atoms with Gasteiger partial charge in [-0.3, -0.25) is 0 Å². The van der Waals surface area contributed by atoms with Gasteiger partial charge in [-0.05, 0) is 45.7 Å². The fourth-order valence-electron chi connectivity index (χ4n) is 2.52. The van der Waals surface area contributed by atoms with E-state index in [4.69, 9.17) is 4.74 Å². The Hall–Kier alpha value is -1.13. The second-order valence-corrected chi connectivity index (χ2v) is 6.99. The highest BCUT2D eigenvalue weighted by Gasteiger charge is 2.26. The summed E-state index contributed by atoms with van der Waals surface area (Å²) in [4.78, 5) is 7.05. The summed E-state index contributed by atoms with van der Waals surface area (Å²) in [7, 11) is 0. The molecule has 0 bridgehead atoms. The van der Waals surface area contributed by atoms with Crippen LogP contribution in [0.4, 0.5) is 5.82 Å². The van der Waals surface area contributed by atoms with Crippen LogP contribution in [0.5, 0.6) is 0 Å². The maximum atomic E-state index is 5.75. The summed E-state index contributed by atoms with van der Waals surface area (Å²) in [5.74, 6) is 1.07. The molecule has 1 aromatic heterocycles. The van der Waals surface area contributed by atoms with Gasteiger partial charge >= 0.3 is 0 Å². The van der Waals surface area contributed by atoms with Gasteiger partial charge in [-0.25, -0.2) is 4.98 Å². The van der Waals surface area contributed by atoms with Gasteiger partial charge in [-0.15, -0.1) is 0 Å². The predicted octanol–water partition coefficient (Wildman–Crippen LogP) is 2.97. The number of anilines is 1. The number of nitrogens with zero attached hydrogens (tertiary/aromatic N) is 2. The second-order valence-electron chi connectivity index (χ2n) is 6.99. The minimum atomic E-state index is 0.131. The van der Waals surface area contributed by atoms with Crippen LogP contribution in [0.1, 0.15) is 46.6 Å². The smallest absolute Gasteiger partial charge is 0.128 e. The summed E-state index contributed by atoms with van der Waals surface area (Å²) in [6, 6.07) is 4.75. The lowest BCUT2D eigenvalue weighted by atomic mass is 10.1. The molecule has 0 spiro atoms. The van der Waals surface area contributed by atoms with Crippen LogP contribution in [0, 0.1) is 0 Å². The molecule has 0 aromatic carbocycles. The fourth-order valence-corrected chi connectivity index (χ4v) is 2.52. The minimum absolute atomic E-state index is 0.131. The number of hydrogen-bond donors (Lipinski definition) is 1. The molecule has 0 amide bonds. The topological polar surface area (TPSA) is 37.4 Å². The van der Waals surface area contributed by atoms with Crippen LogP contribution in [0.25, 0.3) is 0 Å². The third-order valence-corrected chi connectivity index (χ3v) is 3.87. The summed E-state index contributed by atoms with van der Waals surface area (Å²) in [5, 5.41) is 3.49. The van der Waals surface area contributed by atoms with Crippen molar-refractivity contribution < 1.29 is 4.74 Å². The van der Waals surface area contributed by atoms with Crippen LogP contribution in [0.15, 0.2) is 18.3 Å². The molecule has 4 nitrogen and oxygen atoms in total. The fraction of sp³-hybridized carbons (Fsp3) is 0.706. The molecule has 2 atom stereocenters.